The van der Waals surface area contributed by atoms with E-state index in [-0.39, 0.29) is 54.4 Å². The van der Waals surface area contributed by atoms with E-state index in [9.17, 15) is 34.9 Å². The molecule has 0 aromatic heterocycles. The van der Waals surface area contributed by atoms with Crippen molar-refractivity contribution in [2.24, 2.45) is 0 Å². The van der Waals surface area contributed by atoms with Crippen molar-refractivity contribution in [1.29, 1.82) is 0 Å². The van der Waals surface area contributed by atoms with Crippen LogP contribution in [-0.4, -0.2) is 63.0 Å². The molecule has 0 unspecified atom stereocenters. The first-order valence-corrected chi connectivity index (χ1v) is 9.72. The topological polar surface area (TPSA) is 173 Å². The monoisotopic (exact) mass is 457 g/mol. The molecule has 2 aromatic carbocycles. The van der Waals surface area contributed by atoms with Gasteiger partial charge in [0.15, 0.2) is 0 Å². The number of hydrogen-bond donors (Lipinski definition) is 2. The molecular formula is C21H19N3O9. The summed E-state index contributed by atoms with van der Waals surface area (Å²) in [7, 11) is 0. The van der Waals surface area contributed by atoms with Gasteiger partial charge in [0.2, 0.25) is 0 Å². The number of nitrogens with zero attached hydrogens (tertiary/aromatic N) is 3. The molecule has 0 radical (unpaired) electrons. The third-order valence-corrected chi connectivity index (χ3v) is 4.98. The van der Waals surface area contributed by atoms with Crippen LogP contribution in [0.25, 0.3) is 5.76 Å². The number of carbonyl (C=O) groups is 2. The Kier molecular flexibility index (Phi) is 7.10. The minimum absolute atomic E-state index is 0.000911. The lowest BCUT2D eigenvalue weighted by Gasteiger charge is -2.25. The number of ketones is 1. The van der Waals surface area contributed by atoms with Crippen molar-refractivity contribution in [3.8, 4) is 0 Å². The van der Waals surface area contributed by atoms with Gasteiger partial charge < -0.3 is 19.8 Å². The number of rotatable bonds is 9. The van der Waals surface area contributed by atoms with E-state index in [0.29, 0.717) is 0 Å². The molecule has 3 rings (SSSR count). The molecule has 33 heavy (non-hydrogen) atoms. The normalized spacial score (nSPS) is 17.4. The van der Waals surface area contributed by atoms with Crippen LogP contribution in [0.5, 0.6) is 0 Å². The Morgan fingerprint density at radius 1 is 1.00 bits per heavy atom. The second-order valence-electron chi connectivity index (χ2n) is 6.99. The van der Waals surface area contributed by atoms with E-state index < -0.39 is 33.3 Å². The van der Waals surface area contributed by atoms with Gasteiger partial charge >= 0.3 is 0 Å². The zero-order chi connectivity index (χ0) is 24.1. The van der Waals surface area contributed by atoms with Gasteiger partial charge in [-0.25, -0.2) is 0 Å². The van der Waals surface area contributed by atoms with Gasteiger partial charge in [-0.15, -0.1) is 0 Å². The molecule has 0 aliphatic carbocycles. The highest BCUT2D eigenvalue weighted by Gasteiger charge is 2.46. The first-order chi connectivity index (χ1) is 15.8. The van der Waals surface area contributed by atoms with E-state index in [1.165, 1.54) is 42.5 Å². The average Bonchev–Trinajstić information content (AvgIpc) is 3.06. The Bertz CT molecular complexity index is 1150. The van der Waals surface area contributed by atoms with Crippen LogP contribution in [0.15, 0.2) is 54.1 Å². The van der Waals surface area contributed by atoms with Crippen molar-refractivity contribution in [2.75, 3.05) is 26.4 Å². The second kappa shape index (κ2) is 9.97. The predicted octanol–water partition coefficient (Wildman–Crippen LogP) is 1.93. The van der Waals surface area contributed by atoms with Crippen LogP contribution < -0.4 is 0 Å². The number of amides is 1. The maximum absolute atomic E-state index is 12.9. The second-order valence-corrected chi connectivity index (χ2v) is 6.99. The number of aliphatic hydroxyl groups excluding tert-OH is 2. The van der Waals surface area contributed by atoms with Crippen LogP contribution in [0.3, 0.4) is 0 Å². The highest BCUT2D eigenvalue weighted by molar-refractivity contribution is 6.46. The Labute approximate surface area is 186 Å². The summed E-state index contributed by atoms with van der Waals surface area (Å²) >= 11 is 0. The number of nitro groups is 2. The van der Waals surface area contributed by atoms with Crippen LogP contribution in [-0.2, 0) is 14.3 Å². The molecule has 0 saturated carbocycles. The van der Waals surface area contributed by atoms with Gasteiger partial charge in [0.25, 0.3) is 23.1 Å². The third-order valence-electron chi connectivity index (χ3n) is 4.98. The molecule has 172 valence electrons. The van der Waals surface area contributed by atoms with Crippen LogP contribution in [0, 0.1) is 20.2 Å². The van der Waals surface area contributed by atoms with E-state index >= 15 is 0 Å². The van der Waals surface area contributed by atoms with Crippen LogP contribution in [0.2, 0.25) is 0 Å². The number of likely N-dealkylation sites (tertiary alicyclic amines) is 1. The van der Waals surface area contributed by atoms with Crippen LogP contribution in [0.1, 0.15) is 17.2 Å². The van der Waals surface area contributed by atoms with Crippen LogP contribution in [0.4, 0.5) is 11.4 Å². The lowest BCUT2D eigenvalue weighted by atomic mass is 9.95. The molecule has 1 heterocycles. The zero-order valence-corrected chi connectivity index (χ0v) is 17.1. The van der Waals surface area contributed by atoms with Crippen molar-refractivity contribution in [2.45, 2.75) is 6.04 Å². The molecule has 1 aliphatic heterocycles. The number of benzene rings is 2. The summed E-state index contributed by atoms with van der Waals surface area (Å²) in [6, 6.07) is 8.97. The molecule has 12 nitrogen and oxygen atoms in total. The maximum Gasteiger partial charge on any atom is 0.295 e. The minimum atomic E-state index is -1.19. The third kappa shape index (κ3) is 4.86. The Morgan fingerprint density at radius 2 is 1.64 bits per heavy atom. The summed E-state index contributed by atoms with van der Waals surface area (Å²) in [5.74, 6) is -2.66. The number of Topliss-reactive ketones (excluding diaryl/α,β-unsaturated/α-hetero) is 1. The summed E-state index contributed by atoms with van der Waals surface area (Å²) in [5.41, 5.74) is -0.850. The molecule has 1 fully saturated rings. The van der Waals surface area contributed by atoms with E-state index in [2.05, 4.69) is 0 Å². The molecule has 0 spiro atoms. The smallest absolute Gasteiger partial charge is 0.295 e. The van der Waals surface area contributed by atoms with Gasteiger partial charge in [-0.1, -0.05) is 24.3 Å². The van der Waals surface area contributed by atoms with Crippen LogP contribution >= 0.6 is 0 Å². The molecule has 2 aromatic rings. The lowest BCUT2D eigenvalue weighted by molar-refractivity contribution is -0.385. The fourth-order valence-corrected chi connectivity index (χ4v) is 3.52. The van der Waals surface area contributed by atoms with Crippen molar-refractivity contribution >= 4 is 28.8 Å². The highest BCUT2D eigenvalue weighted by atomic mass is 16.6. The first kappa shape index (κ1) is 23.5. The number of hydrogen-bond acceptors (Lipinski definition) is 9. The predicted molar refractivity (Wildman–Crippen MR) is 113 cm³/mol. The SMILES string of the molecule is O=C1C(=O)N(CCOCCO)[C@@H](c2cccc([N+](=O)[O-])c2)/C1=C(\O)c1cccc([N+](=O)[O-])c1. The molecule has 2 N–H and O–H groups in total. The van der Waals surface area contributed by atoms with Gasteiger partial charge in [0.1, 0.15) is 5.76 Å². The van der Waals surface area contributed by atoms with Crippen molar-refractivity contribution < 1.29 is 34.4 Å². The van der Waals surface area contributed by atoms with Crippen molar-refractivity contribution in [1.82, 2.24) is 4.90 Å². The maximum atomic E-state index is 12.9. The summed E-state index contributed by atoms with van der Waals surface area (Å²) in [4.78, 5) is 47.8. The van der Waals surface area contributed by atoms with Crippen molar-refractivity contribution in [3.05, 3.63) is 85.5 Å². The Balaban J connectivity index is 2.14. The van der Waals surface area contributed by atoms with E-state index in [4.69, 9.17) is 9.84 Å². The van der Waals surface area contributed by atoms with Gasteiger partial charge in [0, 0.05) is 36.4 Å². The van der Waals surface area contributed by atoms with Gasteiger partial charge in [0.05, 0.1) is 41.3 Å². The lowest BCUT2D eigenvalue weighted by Crippen LogP contribution is -2.33. The molecule has 1 saturated heterocycles. The largest absolute Gasteiger partial charge is 0.507 e. The molecule has 12 heteroatoms. The number of nitro benzene ring substituents is 2. The van der Waals surface area contributed by atoms with Crippen molar-refractivity contribution in [3.63, 3.8) is 0 Å². The highest BCUT2D eigenvalue weighted by Crippen LogP contribution is 2.40. The number of carbonyl (C=O) groups excluding carboxylic acids is 2. The zero-order valence-electron chi connectivity index (χ0n) is 17.1. The molecule has 1 amide bonds. The average molecular weight is 457 g/mol. The number of aliphatic hydroxyl groups is 2. The molecular weight excluding hydrogens is 438 g/mol. The summed E-state index contributed by atoms with van der Waals surface area (Å²) in [6.45, 7) is -0.404. The summed E-state index contributed by atoms with van der Waals surface area (Å²) < 4.78 is 5.18. The molecule has 0 bridgehead atoms. The van der Waals surface area contributed by atoms with E-state index in [1.807, 2.05) is 0 Å². The number of ether oxygens (including phenoxy) is 1. The molecule has 1 atom stereocenters. The molecule has 1 aliphatic rings. The quantitative estimate of drug-likeness (QED) is 0.142. The van der Waals surface area contributed by atoms with Gasteiger partial charge in [-0.2, -0.15) is 0 Å². The Morgan fingerprint density at radius 3 is 2.27 bits per heavy atom. The fraction of sp³-hybridized carbons (Fsp3) is 0.238. The minimum Gasteiger partial charge on any atom is -0.507 e. The van der Waals surface area contributed by atoms with E-state index in [0.717, 1.165) is 11.0 Å². The fourth-order valence-electron chi connectivity index (χ4n) is 3.52. The van der Waals surface area contributed by atoms with Gasteiger partial charge in [-0.3, -0.25) is 29.8 Å². The first-order valence-electron chi connectivity index (χ1n) is 9.72. The summed E-state index contributed by atoms with van der Waals surface area (Å²) in [5, 5.41) is 42.1. The van der Waals surface area contributed by atoms with E-state index in [1.54, 1.807) is 0 Å². The Hall–Kier alpha value is -4.16. The summed E-state index contributed by atoms with van der Waals surface area (Å²) in [6.07, 6.45) is 0. The number of non-ortho nitro benzene ring substituents is 2. The standard InChI is InChI=1S/C21H19N3O9/c25-8-10-33-9-7-22-18(13-3-1-5-15(11-13)23(29)30)17(20(27)21(22)28)19(26)14-4-2-6-16(12-14)24(31)32/h1-6,11-12,18,25-26H,7-10H2/b19-17+/t18-/m0/s1. The van der Waals surface area contributed by atoms with Gasteiger partial charge in [-0.05, 0) is 5.56 Å².